The van der Waals surface area contributed by atoms with Crippen molar-refractivity contribution in [2.45, 2.75) is 32.2 Å². The number of benzene rings is 2. The molecule has 2 saturated heterocycles. The lowest BCUT2D eigenvalue weighted by Crippen LogP contribution is -2.52. The van der Waals surface area contributed by atoms with E-state index in [1.54, 1.807) is 18.6 Å². The van der Waals surface area contributed by atoms with Crippen LogP contribution >= 0.6 is 27.9 Å². The summed E-state index contributed by atoms with van der Waals surface area (Å²) in [6.45, 7) is 9.21. The molecule has 4 heterocycles. The van der Waals surface area contributed by atoms with Crippen LogP contribution in [-0.2, 0) is 6.42 Å². The second kappa shape index (κ2) is 13.6. The molecular formula is C31H39BrN10S. The van der Waals surface area contributed by atoms with E-state index in [2.05, 4.69) is 93.1 Å². The zero-order chi connectivity index (χ0) is 29.8. The topological polar surface area (TPSA) is 97.4 Å². The van der Waals surface area contributed by atoms with Gasteiger partial charge in [-0.25, -0.2) is 4.98 Å². The average Bonchev–Trinajstić information content (AvgIpc) is 3.04. The molecule has 2 fully saturated rings. The zero-order valence-corrected chi connectivity index (χ0v) is 27.4. The lowest BCUT2D eigenvalue weighted by Gasteiger charge is -2.43. The molecule has 4 aromatic rings. The number of piperidine rings is 1. The van der Waals surface area contributed by atoms with E-state index in [4.69, 9.17) is 4.98 Å². The number of fused-ring (bicyclic) bond motifs is 1. The maximum absolute atomic E-state index is 4.80. The molecule has 6 rings (SSSR count). The van der Waals surface area contributed by atoms with Crippen molar-refractivity contribution in [1.82, 2.24) is 29.7 Å². The third-order valence-corrected chi connectivity index (χ3v) is 9.41. The third kappa shape index (κ3) is 6.82. The normalized spacial score (nSPS) is 16.9. The standard InChI is InChI=1S/C31H39BrN10S/c1-4-21-19-22(5-8-27(21)42-13-9-23(10-14-42)41-17-15-40(2)16-18-41)36-31-35-20-24(32)30(38-31)37-26-7-6-25-28(29(26)39-43-3)34-12-11-33-25/h5-8,11-12,19-20,23,39H,4,9-10,13-18H2,1-3H3,(H2,35,36,37,38). The van der Waals surface area contributed by atoms with Crippen molar-refractivity contribution in [3.63, 3.8) is 0 Å². The van der Waals surface area contributed by atoms with Crippen LogP contribution in [-0.4, -0.2) is 88.3 Å². The van der Waals surface area contributed by atoms with Gasteiger partial charge in [-0.05, 0) is 78.1 Å². The molecule has 2 aromatic heterocycles. The fourth-order valence-electron chi connectivity index (χ4n) is 6.03. The molecule has 0 unspecified atom stereocenters. The van der Waals surface area contributed by atoms with Crippen LogP contribution in [0, 0.1) is 0 Å². The van der Waals surface area contributed by atoms with Crippen LogP contribution in [0.25, 0.3) is 11.0 Å². The van der Waals surface area contributed by atoms with Gasteiger partial charge in [0, 0.05) is 81.5 Å². The lowest BCUT2D eigenvalue weighted by molar-refractivity contribution is 0.0982. The fourth-order valence-corrected chi connectivity index (χ4v) is 6.73. The largest absolute Gasteiger partial charge is 0.371 e. The molecule has 2 aromatic carbocycles. The minimum atomic E-state index is 0.522. The summed E-state index contributed by atoms with van der Waals surface area (Å²) >= 11 is 5.12. The van der Waals surface area contributed by atoms with Gasteiger partial charge >= 0.3 is 0 Å². The fraction of sp³-hybridized carbons (Fsp3) is 0.419. The lowest BCUT2D eigenvalue weighted by atomic mass is 10.00. The van der Waals surface area contributed by atoms with Gasteiger partial charge in [0.1, 0.15) is 11.3 Å². The Morgan fingerprint density at radius 1 is 0.953 bits per heavy atom. The molecule has 0 saturated carbocycles. The van der Waals surface area contributed by atoms with Gasteiger partial charge in [0.25, 0.3) is 0 Å². The highest BCUT2D eigenvalue weighted by Gasteiger charge is 2.27. The Bertz CT molecular complexity index is 1550. The van der Waals surface area contributed by atoms with E-state index in [0.29, 0.717) is 17.8 Å². The van der Waals surface area contributed by atoms with E-state index in [1.165, 1.54) is 62.2 Å². The molecule has 0 aliphatic carbocycles. The van der Waals surface area contributed by atoms with Gasteiger partial charge in [-0.1, -0.05) is 18.9 Å². The number of aryl methyl sites for hydroxylation is 1. The summed E-state index contributed by atoms with van der Waals surface area (Å²) < 4.78 is 4.11. The van der Waals surface area contributed by atoms with Gasteiger partial charge in [-0.2, -0.15) is 4.98 Å². The molecule has 2 aliphatic heterocycles. The predicted molar refractivity (Wildman–Crippen MR) is 183 cm³/mol. The average molecular weight is 664 g/mol. The van der Waals surface area contributed by atoms with Gasteiger partial charge in [0.05, 0.1) is 21.4 Å². The van der Waals surface area contributed by atoms with Gasteiger partial charge in [-0.3, -0.25) is 14.9 Å². The maximum Gasteiger partial charge on any atom is 0.229 e. The minimum absolute atomic E-state index is 0.522. The summed E-state index contributed by atoms with van der Waals surface area (Å²) in [7, 11) is 2.23. The van der Waals surface area contributed by atoms with Crippen molar-refractivity contribution in [1.29, 1.82) is 0 Å². The molecule has 2 aliphatic rings. The monoisotopic (exact) mass is 662 g/mol. The SMILES string of the molecule is CCc1cc(Nc2ncc(Br)c(Nc3ccc4nccnc4c3NSC)n2)ccc1N1CCC(N2CCN(C)CC2)CC1. The second-order valence-electron chi connectivity index (χ2n) is 11.1. The van der Waals surface area contributed by atoms with E-state index < -0.39 is 0 Å². The highest BCUT2D eigenvalue weighted by Crippen LogP contribution is 2.35. The first-order valence-corrected chi connectivity index (χ1v) is 16.9. The minimum Gasteiger partial charge on any atom is -0.371 e. The van der Waals surface area contributed by atoms with Crippen molar-refractivity contribution in [2.75, 3.05) is 72.8 Å². The number of nitrogens with zero attached hydrogens (tertiary/aromatic N) is 7. The molecule has 0 bridgehead atoms. The molecule has 0 amide bonds. The first-order valence-electron chi connectivity index (χ1n) is 14.9. The number of nitrogens with one attached hydrogen (secondary N) is 3. The van der Waals surface area contributed by atoms with Crippen molar-refractivity contribution < 1.29 is 0 Å². The van der Waals surface area contributed by atoms with E-state index in [9.17, 15) is 0 Å². The van der Waals surface area contributed by atoms with Gasteiger partial charge in [0.15, 0.2) is 0 Å². The highest BCUT2D eigenvalue weighted by atomic mass is 79.9. The molecule has 12 heteroatoms. The van der Waals surface area contributed by atoms with Crippen molar-refractivity contribution in [3.05, 3.63) is 59.0 Å². The number of hydrogen-bond acceptors (Lipinski definition) is 11. The summed E-state index contributed by atoms with van der Waals surface area (Å²) in [6.07, 6.45) is 10.6. The summed E-state index contributed by atoms with van der Waals surface area (Å²) in [4.78, 5) is 26.0. The predicted octanol–water partition coefficient (Wildman–Crippen LogP) is 6.14. The number of aromatic nitrogens is 4. The summed E-state index contributed by atoms with van der Waals surface area (Å²) in [5.74, 6) is 1.17. The smallest absolute Gasteiger partial charge is 0.229 e. The number of likely N-dealkylation sites (N-methyl/N-ethyl adjacent to an activating group) is 1. The Hall–Kier alpha value is -3.19. The highest BCUT2D eigenvalue weighted by molar-refractivity contribution is 9.10. The van der Waals surface area contributed by atoms with Gasteiger partial charge in [-0.15, -0.1) is 0 Å². The van der Waals surface area contributed by atoms with E-state index in [0.717, 1.165) is 52.1 Å². The maximum atomic E-state index is 4.80. The van der Waals surface area contributed by atoms with Crippen LogP contribution in [0.5, 0.6) is 0 Å². The molecule has 0 spiro atoms. The molecule has 43 heavy (non-hydrogen) atoms. The van der Waals surface area contributed by atoms with Crippen LogP contribution in [0.1, 0.15) is 25.3 Å². The Morgan fingerprint density at radius 3 is 2.51 bits per heavy atom. The van der Waals surface area contributed by atoms with Crippen LogP contribution in [0.3, 0.4) is 0 Å². The first-order chi connectivity index (χ1) is 21.0. The molecule has 3 N–H and O–H groups in total. The number of hydrogen-bond donors (Lipinski definition) is 3. The number of rotatable bonds is 9. The number of halogens is 1. The van der Waals surface area contributed by atoms with Gasteiger partial charge in [0.2, 0.25) is 5.95 Å². The summed E-state index contributed by atoms with van der Waals surface area (Å²) in [6, 6.07) is 11.3. The zero-order valence-electron chi connectivity index (χ0n) is 25.0. The Labute approximate surface area is 266 Å². The molecular weight excluding hydrogens is 624 g/mol. The van der Waals surface area contributed by atoms with E-state index in [-0.39, 0.29) is 0 Å². The summed E-state index contributed by atoms with van der Waals surface area (Å²) in [5.41, 5.74) is 6.98. The molecule has 0 radical (unpaired) electrons. The first kappa shape index (κ1) is 29.9. The van der Waals surface area contributed by atoms with Gasteiger partial charge < -0.3 is 25.2 Å². The van der Waals surface area contributed by atoms with E-state index >= 15 is 0 Å². The summed E-state index contributed by atoms with van der Waals surface area (Å²) in [5, 5.41) is 6.88. The molecule has 226 valence electrons. The third-order valence-electron chi connectivity index (χ3n) is 8.42. The van der Waals surface area contributed by atoms with Crippen LogP contribution in [0.2, 0.25) is 0 Å². The van der Waals surface area contributed by atoms with Crippen LogP contribution in [0.15, 0.2) is 53.4 Å². The molecule has 10 nitrogen and oxygen atoms in total. The van der Waals surface area contributed by atoms with Crippen LogP contribution < -0.4 is 20.3 Å². The van der Waals surface area contributed by atoms with Crippen molar-refractivity contribution in [2.24, 2.45) is 0 Å². The second-order valence-corrected chi connectivity index (χ2v) is 12.6. The Balaban J connectivity index is 1.15. The van der Waals surface area contributed by atoms with Crippen LogP contribution in [0.4, 0.5) is 34.5 Å². The van der Waals surface area contributed by atoms with Crippen molar-refractivity contribution >= 4 is 73.4 Å². The quantitative estimate of drug-likeness (QED) is 0.180. The number of piperazine rings is 1. The Kier molecular flexibility index (Phi) is 9.46. The van der Waals surface area contributed by atoms with Crippen molar-refractivity contribution in [3.8, 4) is 0 Å². The van der Waals surface area contributed by atoms with E-state index in [1.807, 2.05) is 18.4 Å². The molecule has 0 atom stereocenters. The number of anilines is 6. The Morgan fingerprint density at radius 2 is 1.74 bits per heavy atom.